The average Bonchev–Trinajstić information content (AvgIpc) is 2.75. The van der Waals surface area contributed by atoms with Crippen LogP contribution in [0.15, 0.2) is 24.3 Å². The number of thiol groups is 1. The van der Waals surface area contributed by atoms with Crippen molar-refractivity contribution < 1.29 is 34.5 Å². The number of amides is 3. The van der Waals surface area contributed by atoms with Gasteiger partial charge >= 0.3 is 5.97 Å². The van der Waals surface area contributed by atoms with E-state index >= 15 is 0 Å². The average molecular weight is 485 g/mol. The Morgan fingerprint density at radius 2 is 1.45 bits per heavy atom. The molecule has 1 aromatic carbocycles. The van der Waals surface area contributed by atoms with Crippen LogP contribution in [0.4, 0.5) is 0 Å². The number of phenols is 1. The molecular formula is C21H32N4O7S. The van der Waals surface area contributed by atoms with Crippen LogP contribution in [0.5, 0.6) is 5.75 Å². The van der Waals surface area contributed by atoms with Crippen molar-refractivity contribution in [2.24, 2.45) is 11.7 Å². The van der Waals surface area contributed by atoms with Crippen LogP contribution in [0.25, 0.3) is 0 Å². The molecule has 0 heterocycles. The minimum atomic E-state index is -1.42. The van der Waals surface area contributed by atoms with Gasteiger partial charge in [0.05, 0.1) is 12.6 Å². The number of rotatable bonds is 13. The van der Waals surface area contributed by atoms with Gasteiger partial charge in [0.15, 0.2) is 0 Å². The smallest absolute Gasteiger partial charge is 0.327 e. The summed E-state index contributed by atoms with van der Waals surface area (Å²) < 4.78 is 0. The number of aromatic hydroxyl groups is 1. The van der Waals surface area contributed by atoms with Crippen molar-refractivity contribution in [2.75, 3.05) is 12.4 Å². The molecule has 33 heavy (non-hydrogen) atoms. The number of aliphatic hydroxyl groups excluding tert-OH is 1. The lowest BCUT2D eigenvalue weighted by Gasteiger charge is -2.25. The van der Waals surface area contributed by atoms with Crippen molar-refractivity contribution in [2.45, 2.75) is 50.9 Å². The molecular weight excluding hydrogens is 452 g/mol. The molecule has 0 aromatic heterocycles. The Hall–Kier alpha value is -2.83. The third-order valence-corrected chi connectivity index (χ3v) is 5.05. The maximum absolute atomic E-state index is 12.8. The van der Waals surface area contributed by atoms with Crippen molar-refractivity contribution in [1.82, 2.24) is 16.0 Å². The molecule has 0 radical (unpaired) electrons. The Balaban J connectivity index is 2.83. The Kier molecular flexibility index (Phi) is 11.7. The predicted octanol–water partition coefficient (Wildman–Crippen LogP) is -1.23. The van der Waals surface area contributed by atoms with E-state index in [1.807, 2.05) is 13.8 Å². The lowest BCUT2D eigenvalue weighted by atomic mass is 10.0. The van der Waals surface area contributed by atoms with Crippen LogP contribution in [0.1, 0.15) is 25.8 Å². The van der Waals surface area contributed by atoms with Crippen molar-refractivity contribution in [3.63, 3.8) is 0 Å². The number of carboxylic acids is 1. The summed E-state index contributed by atoms with van der Waals surface area (Å²) in [6.45, 7) is 2.89. The van der Waals surface area contributed by atoms with Gasteiger partial charge < -0.3 is 37.0 Å². The molecule has 0 aliphatic heterocycles. The summed E-state index contributed by atoms with van der Waals surface area (Å²) in [6.07, 6.45) is 0.405. The molecule has 184 valence electrons. The first-order chi connectivity index (χ1) is 15.5. The standard InChI is InChI=1S/C21H32N4O7S/c1-11(2)7-15(23-18(28)14(22)8-12-3-5-13(27)6-4-12)19(29)24-16(9-26)20(30)25-17(10-33)21(31)32/h3-6,11,14-17,26-27,33H,7-10,22H2,1-2H3,(H,23,28)(H,24,29)(H,25,30)(H,31,32). The number of hydrogen-bond donors (Lipinski definition) is 8. The molecule has 12 heteroatoms. The van der Waals surface area contributed by atoms with Gasteiger partial charge in [-0.15, -0.1) is 0 Å². The molecule has 4 atom stereocenters. The molecule has 0 bridgehead atoms. The van der Waals surface area contributed by atoms with Crippen molar-refractivity contribution in [1.29, 1.82) is 0 Å². The van der Waals surface area contributed by atoms with Gasteiger partial charge in [0.1, 0.15) is 23.9 Å². The highest BCUT2D eigenvalue weighted by molar-refractivity contribution is 7.80. The van der Waals surface area contributed by atoms with E-state index in [9.17, 15) is 29.4 Å². The molecule has 1 rings (SSSR count). The number of phenolic OH excluding ortho intramolecular Hbond substituents is 1. The van der Waals surface area contributed by atoms with Gasteiger partial charge in [-0.1, -0.05) is 26.0 Å². The normalized spacial score (nSPS) is 14.6. The molecule has 0 fully saturated rings. The molecule has 0 aliphatic carbocycles. The molecule has 0 aliphatic rings. The Bertz CT molecular complexity index is 819. The number of aliphatic hydroxyl groups is 1. The fourth-order valence-corrected chi connectivity index (χ4v) is 3.13. The number of nitrogens with one attached hydrogen (secondary N) is 3. The molecule has 0 spiro atoms. The van der Waals surface area contributed by atoms with Gasteiger partial charge in [-0.05, 0) is 36.5 Å². The molecule has 8 N–H and O–H groups in total. The van der Waals surface area contributed by atoms with Crippen LogP contribution >= 0.6 is 12.6 Å². The molecule has 0 saturated carbocycles. The summed E-state index contributed by atoms with van der Waals surface area (Å²) in [5.74, 6) is -3.62. The summed E-state index contributed by atoms with van der Waals surface area (Å²) in [5, 5.41) is 35.0. The van der Waals surface area contributed by atoms with E-state index in [1.165, 1.54) is 12.1 Å². The second kappa shape index (κ2) is 13.7. The molecule has 1 aromatic rings. The van der Waals surface area contributed by atoms with Crippen molar-refractivity contribution in [3.05, 3.63) is 29.8 Å². The zero-order valence-corrected chi connectivity index (χ0v) is 19.4. The topological polar surface area (TPSA) is 191 Å². The molecule has 0 saturated heterocycles. The van der Waals surface area contributed by atoms with Crippen molar-refractivity contribution >= 4 is 36.3 Å². The van der Waals surface area contributed by atoms with E-state index in [0.29, 0.717) is 0 Å². The van der Waals surface area contributed by atoms with Crippen LogP contribution in [0.3, 0.4) is 0 Å². The number of carboxylic acid groups (broad SMARTS) is 1. The highest BCUT2D eigenvalue weighted by atomic mass is 32.1. The second-order valence-corrected chi connectivity index (χ2v) is 8.36. The first-order valence-corrected chi connectivity index (χ1v) is 11.0. The maximum Gasteiger partial charge on any atom is 0.327 e. The van der Waals surface area contributed by atoms with E-state index in [1.54, 1.807) is 12.1 Å². The summed E-state index contributed by atoms with van der Waals surface area (Å²) >= 11 is 3.85. The van der Waals surface area contributed by atoms with Crippen LogP contribution in [-0.4, -0.2) is 75.5 Å². The number of carbonyl (C=O) groups excluding carboxylic acids is 3. The van der Waals surface area contributed by atoms with Crippen LogP contribution < -0.4 is 21.7 Å². The van der Waals surface area contributed by atoms with Gasteiger partial charge in [0.25, 0.3) is 0 Å². The number of benzene rings is 1. The van der Waals surface area contributed by atoms with E-state index in [2.05, 4.69) is 28.6 Å². The summed E-state index contributed by atoms with van der Waals surface area (Å²) in [5.41, 5.74) is 6.68. The Labute approximate surface area is 197 Å². The SMILES string of the molecule is CC(C)CC(NC(=O)C(N)Cc1ccc(O)cc1)C(=O)NC(CO)C(=O)NC(CS)C(=O)O. The minimum absolute atomic E-state index is 0.00338. The van der Waals surface area contributed by atoms with E-state index in [4.69, 9.17) is 10.8 Å². The van der Waals surface area contributed by atoms with Crippen LogP contribution in [0, 0.1) is 5.92 Å². The maximum atomic E-state index is 12.8. The number of aliphatic carboxylic acids is 1. The zero-order chi connectivity index (χ0) is 25.1. The molecule has 3 amide bonds. The van der Waals surface area contributed by atoms with Gasteiger partial charge in [0, 0.05) is 5.75 Å². The predicted molar refractivity (Wildman–Crippen MR) is 124 cm³/mol. The Morgan fingerprint density at radius 1 is 0.939 bits per heavy atom. The number of hydrogen-bond acceptors (Lipinski definition) is 8. The van der Waals surface area contributed by atoms with Gasteiger partial charge in [-0.2, -0.15) is 12.6 Å². The van der Waals surface area contributed by atoms with Gasteiger partial charge in [0.2, 0.25) is 17.7 Å². The number of nitrogens with two attached hydrogens (primary N) is 1. The monoisotopic (exact) mass is 484 g/mol. The highest BCUT2D eigenvalue weighted by Crippen LogP contribution is 2.11. The van der Waals surface area contributed by atoms with Crippen LogP contribution in [0.2, 0.25) is 0 Å². The fraction of sp³-hybridized carbons (Fsp3) is 0.524. The first kappa shape index (κ1) is 28.2. The summed E-state index contributed by atoms with van der Waals surface area (Å²) in [4.78, 5) is 48.7. The largest absolute Gasteiger partial charge is 0.508 e. The van der Waals surface area contributed by atoms with Crippen molar-refractivity contribution in [3.8, 4) is 5.75 Å². The van der Waals surface area contributed by atoms with E-state index in [0.717, 1.165) is 5.56 Å². The van der Waals surface area contributed by atoms with Crippen LogP contribution in [-0.2, 0) is 25.6 Å². The fourth-order valence-electron chi connectivity index (χ4n) is 2.88. The lowest BCUT2D eigenvalue weighted by Crippen LogP contribution is -2.58. The zero-order valence-electron chi connectivity index (χ0n) is 18.5. The summed E-state index contributed by atoms with van der Waals surface area (Å²) in [7, 11) is 0. The van der Waals surface area contributed by atoms with Gasteiger partial charge in [-0.25, -0.2) is 4.79 Å². The summed E-state index contributed by atoms with van der Waals surface area (Å²) in [6, 6.07) is 1.47. The van der Waals surface area contributed by atoms with E-state index in [-0.39, 0.29) is 30.3 Å². The quantitative estimate of drug-likeness (QED) is 0.160. The van der Waals surface area contributed by atoms with E-state index < -0.39 is 54.5 Å². The highest BCUT2D eigenvalue weighted by Gasteiger charge is 2.30. The minimum Gasteiger partial charge on any atom is -0.508 e. The lowest BCUT2D eigenvalue weighted by molar-refractivity contribution is -0.142. The first-order valence-electron chi connectivity index (χ1n) is 10.4. The molecule has 4 unspecified atom stereocenters. The Morgan fingerprint density at radius 3 is 1.94 bits per heavy atom. The van der Waals surface area contributed by atoms with Gasteiger partial charge in [-0.3, -0.25) is 14.4 Å². The second-order valence-electron chi connectivity index (χ2n) is 7.99. The molecule has 11 nitrogen and oxygen atoms in total. The number of carbonyl (C=O) groups is 4. The third-order valence-electron chi connectivity index (χ3n) is 4.68. The third kappa shape index (κ3) is 9.68.